The normalized spacial score (nSPS) is 12.6. The fraction of sp³-hybridized carbons (Fsp3) is 0.857. The molecule has 14 heavy (non-hydrogen) atoms. The second-order valence-corrected chi connectivity index (χ2v) is 5.57. The Bertz CT molecular complexity index is 237. The monoisotopic (exact) mass is 226 g/mol. The van der Waals surface area contributed by atoms with Crippen molar-refractivity contribution >= 4 is 13.6 Å². The van der Waals surface area contributed by atoms with Gasteiger partial charge in [0.1, 0.15) is 5.60 Å². The predicted octanol–water partition coefficient (Wildman–Crippen LogP) is 0.827. The van der Waals surface area contributed by atoms with Crippen LogP contribution in [0.2, 0.25) is 0 Å². The van der Waals surface area contributed by atoms with E-state index < -0.39 is 25.3 Å². The molecule has 0 unspecified atom stereocenters. The molecule has 0 saturated heterocycles. The summed E-state index contributed by atoms with van der Waals surface area (Å²) in [4.78, 5) is 36.7. The fourth-order valence-electron chi connectivity index (χ4n) is 0.450. The van der Waals surface area contributed by atoms with Gasteiger partial charge in [0.2, 0.25) is 0 Å². The molecule has 0 aliphatic heterocycles. The maximum Gasteiger partial charge on any atom is 0.343 e. The second kappa shape index (κ2) is 4.89. The van der Waals surface area contributed by atoms with Crippen molar-refractivity contribution in [2.45, 2.75) is 32.8 Å². The van der Waals surface area contributed by atoms with Gasteiger partial charge >= 0.3 is 13.6 Å². The molecule has 0 aromatic heterocycles. The molecule has 0 aliphatic carbocycles. The summed E-state index contributed by atoms with van der Waals surface area (Å²) in [7, 11) is -4.14. The second-order valence-electron chi connectivity index (χ2n) is 3.79. The Kier molecular flexibility index (Phi) is 4.74. The average molecular weight is 226 g/mol. The standard InChI is InChI=1S/C7H15O6P/c1-7(2,3)13-12-6(8)4-5-14(9,10)11/h4-5H2,1-3H3,(H2,9,10,11). The van der Waals surface area contributed by atoms with Crippen LogP contribution in [-0.4, -0.2) is 27.5 Å². The van der Waals surface area contributed by atoms with E-state index >= 15 is 0 Å². The van der Waals surface area contributed by atoms with Crippen LogP contribution >= 0.6 is 7.60 Å². The van der Waals surface area contributed by atoms with Crippen LogP contribution in [0.3, 0.4) is 0 Å². The highest BCUT2D eigenvalue weighted by atomic mass is 31.2. The third kappa shape index (κ3) is 9.67. The van der Waals surface area contributed by atoms with Gasteiger partial charge in [-0.05, 0) is 20.8 Å². The summed E-state index contributed by atoms with van der Waals surface area (Å²) in [5.74, 6) is -0.789. The van der Waals surface area contributed by atoms with Gasteiger partial charge < -0.3 is 9.79 Å². The molecule has 0 atom stereocenters. The first-order valence-electron chi connectivity index (χ1n) is 4.03. The highest BCUT2D eigenvalue weighted by Gasteiger charge is 2.19. The van der Waals surface area contributed by atoms with Crippen LogP contribution in [-0.2, 0) is 19.1 Å². The van der Waals surface area contributed by atoms with Crippen molar-refractivity contribution in [2.24, 2.45) is 0 Å². The molecule has 6 nitrogen and oxygen atoms in total. The highest BCUT2D eigenvalue weighted by Crippen LogP contribution is 2.34. The Balaban J connectivity index is 3.73. The van der Waals surface area contributed by atoms with Gasteiger partial charge in [-0.2, -0.15) is 4.89 Å². The van der Waals surface area contributed by atoms with Gasteiger partial charge in [-0.3, -0.25) is 9.45 Å². The van der Waals surface area contributed by atoms with Gasteiger partial charge in [-0.1, -0.05) is 0 Å². The van der Waals surface area contributed by atoms with Gasteiger partial charge in [-0.25, -0.2) is 4.79 Å². The molecule has 2 N–H and O–H groups in total. The first-order chi connectivity index (χ1) is 6.10. The smallest absolute Gasteiger partial charge is 0.324 e. The van der Waals surface area contributed by atoms with Crippen molar-refractivity contribution in [3.8, 4) is 0 Å². The third-order valence-electron chi connectivity index (χ3n) is 0.992. The zero-order chi connectivity index (χ0) is 11.4. The van der Waals surface area contributed by atoms with E-state index in [2.05, 4.69) is 9.78 Å². The number of carbonyl (C=O) groups excluding carboxylic acids is 1. The summed E-state index contributed by atoms with van der Waals surface area (Å²) in [5.41, 5.74) is -0.627. The quantitative estimate of drug-likeness (QED) is 0.419. The molecule has 0 bridgehead atoms. The van der Waals surface area contributed by atoms with E-state index in [-0.39, 0.29) is 6.42 Å². The summed E-state index contributed by atoms with van der Waals surface area (Å²) in [5, 5.41) is 0. The number of hydrogen-bond acceptors (Lipinski definition) is 4. The maximum atomic E-state index is 10.8. The van der Waals surface area contributed by atoms with Gasteiger partial charge in [0.25, 0.3) is 0 Å². The summed E-state index contributed by atoms with van der Waals surface area (Å²) >= 11 is 0. The SMILES string of the molecule is CC(C)(C)OOC(=O)CCP(=O)(O)O. The van der Waals surface area contributed by atoms with Gasteiger partial charge in [0.15, 0.2) is 0 Å². The summed E-state index contributed by atoms with van der Waals surface area (Å²) < 4.78 is 10.4. The molecular weight excluding hydrogens is 211 g/mol. The number of hydrogen-bond donors (Lipinski definition) is 2. The van der Waals surface area contributed by atoms with Crippen LogP contribution in [0.25, 0.3) is 0 Å². The van der Waals surface area contributed by atoms with Gasteiger partial charge in [-0.15, -0.1) is 0 Å². The van der Waals surface area contributed by atoms with E-state index in [1.165, 1.54) is 0 Å². The zero-order valence-corrected chi connectivity index (χ0v) is 9.28. The molecule has 0 aliphatic rings. The lowest BCUT2D eigenvalue weighted by Crippen LogP contribution is -2.22. The van der Waals surface area contributed by atoms with Gasteiger partial charge in [0, 0.05) is 0 Å². The largest absolute Gasteiger partial charge is 0.343 e. The molecule has 84 valence electrons. The van der Waals surface area contributed by atoms with Crippen molar-refractivity contribution < 1.29 is 28.9 Å². The molecular formula is C7H15O6P. The Morgan fingerprint density at radius 2 is 1.86 bits per heavy atom. The summed E-state index contributed by atoms with van der Waals surface area (Å²) in [6, 6.07) is 0. The molecule has 0 fully saturated rings. The lowest BCUT2D eigenvalue weighted by atomic mass is 10.2. The van der Waals surface area contributed by atoms with Crippen molar-refractivity contribution in [2.75, 3.05) is 6.16 Å². The first-order valence-corrected chi connectivity index (χ1v) is 5.83. The maximum absolute atomic E-state index is 10.8. The van der Waals surface area contributed by atoms with E-state index in [0.717, 1.165) is 0 Å². The number of rotatable bonds is 4. The lowest BCUT2D eigenvalue weighted by molar-refractivity contribution is -0.320. The van der Waals surface area contributed by atoms with Crippen molar-refractivity contribution in [1.82, 2.24) is 0 Å². The molecule has 0 rings (SSSR count). The Morgan fingerprint density at radius 3 is 2.21 bits per heavy atom. The Labute approximate surface area is 82.3 Å². The molecule has 0 radical (unpaired) electrons. The summed E-state index contributed by atoms with van der Waals surface area (Å²) in [6.45, 7) is 5.05. The molecule has 0 heterocycles. The van der Waals surface area contributed by atoms with Crippen molar-refractivity contribution in [1.29, 1.82) is 0 Å². The zero-order valence-electron chi connectivity index (χ0n) is 8.39. The molecule has 0 amide bonds. The van der Waals surface area contributed by atoms with E-state index in [4.69, 9.17) is 9.79 Å². The van der Waals surface area contributed by atoms with Gasteiger partial charge in [0.05, 0.1) is 12.6 Å². The fourth-order valence-corrected chi connectivity index (χ4v) is 0.924. The Hall–Kier alpha value is -0.420. The lowest BCUT2D eigenvalue weighted by Gasteiger charge is -2.16. The first kappa shape index (κ1) is 13.6. The van der Waals surface area contributed by atoms with E-state index in [1.807, 2.05) is 0 Å². The predicted molar refractivity (Wildman–Crippen MR) is 48.5 cm³/mol. The third-order valence-corrected chi connectivity index (χ3v) is 1.80. The van der Waals surface area contributed by atoms with Crippen LogP contribution in [0.5, 0.6) is 0 Å². The summed E-state index contributed by atoms with van der Waals surface area (Å²) in [6.07, 6.45) is -0.889. The highest BCUT2D eigenvalue weighted by molar-refractivity contribution is 7.51. The minimum atomic E-state index is -4.14. The van der Waals surface area contributed by atoms with Crippen LogP contribution in [0.1, 0.15) is 27.2 Å². The van der Waals surface area contributed by atoms with E-state index in [9.17, 15) is 9.36 Å². The Morgan fingerprint density at radius 1 is 1.36 bits per heavy atom. The van der Waals surface area contributed by atoms with Crippen LogP contribution in [0, 0.1) is 0 Å². The molecule has 7 heteroatoms. The molecule has 0 aromatic rings. The van der Waals surface area contributed by atoms with E-state index in [1.54, 1.807) is 20.8 Å². The number of carbonyl (C=O) groups is 1. The van der Waals surface area contributed by atoms with E-state index in [0.29, 0.717) is 0 Å². The van der Waals surface area contributed by atoms with Crippen LogP contribution in [0.15, 0.2) is 0 Å². The van der Waals surface area contributed by atoms with Crippen LogP contribution < -0.4 is 0 Å². The molecule has 0 saturated carbocycles. The van der Waals surface area contributed by atoms with Crippen molar-refractivity contribution in [3.63, 3.8) is 0 Å². The molecule has 0 aromatic carbocycles. The van der Waals surface area contributed by atoms with Crippen LogP contribution in [0.4, 0.5) is 0 Å². The average Bonchev–Trinajstić information content (AvgIpc) is 1.94. The topological polar surface area (TPSA) is 93.1 Å². The van der Waals surface area contributed by atoms with Crippen molar-refractivity contribution in [3.05, 3.63) is 0 Å². The molecule has 0 spiro atoms. The minimum absolute atomic E-state index is 0.361. The minimum Gasteiger partial charge on any atom is -0.324 e.